The van der Waals surface area contributed by atoms with Gasteiger partial charge in [0.15, 0.2) is 5.78 Å². The third-order valence-corrected chi connectivity index (χ3v) is 4.71. The lowest BCUT2D eigenvalue weighted by molar-refractivity contribution is -0.117. The molecular formula is C18H20N4O. The van der Waals surface area contributed by atoms with Crippen molar-refractivity contribution in [2.24, 2.45) is 5.92 Å². The lowest BCUT2D eigenvalue weighted by atomic mass is 9.80. The molecule has 0 amide bonds. The number of allylic oxidation sites excluding steroid dienone is 2. The molecule has 0 unspecified atom stereocenters. The van der Waals surface area contributed by atoms with Crippen LogP contribution in [0.25, 0.3) is 0 Å². The smallest absolute Gasteiger partial charge is 0.226 e. The minimum absolute atomic E-state index is 0.177. The highest BCUT2D eigenvalue weighted by Crippen LogP contribution is 2.41. The van der Waals surface area contributed by atoms with Crippen molar-refractivity contribution in [3.63, 3.8) is 0 Å². The van der Waals surface area contributed by atoms with E-state index in [1.54, 1.807) is 0 Å². The fraction of sp³-hybridized carbons (Fsp3) is 0.389. The number of rotatable bonds is 1. The van der Waals surface area contributed by atoms with Crippen molar-refractivity contribution in [2.75, 3.05) is 5.32 Å². The molecule has 1 aromatic heterocycles. The Balaban J connectivity index is 1.95. The second kappa shape index (κ2) is 5.05. The highest BCUT2D eigenvalue weighted by atomic mass is 16.1. The van der Waals surface area contributed by atoms with Crippen molar-refractivity contribution in [3.8, 4) is 0 Å². The molecule has 2 atom stereocenters. The normalized spacial score (nSPS) is 23.3. The molecule has 0 saturated carbocycles. The molecule has 5 nitrogen and oxygen atoms in total. The number of benzene rings is 1. The lowest BCUT2D eigenvalue weighted by Gasteiger charge is -2.34. The zero-order valence-electron chi connectivity index (χ0n) is 13.6. The van der Waals surface area contributed by atoms with Crippen LogP contribution in [0, 0.1) is 19.8 Å². The van der Waals surface area contributed by atoms with Crippen LogP contribution >= 0.6 is 0 Å². The van der Waals surface area contributed by atoms with Gasteiger partial charge in [0.05, 0.1) is 0 Å². The number of aryl methyl sites for hydroxylation is 2. The van der Waals surface area contributed by atoms with Crippen LogP contribution in [0.1, 0.15) is 42.8 Å². The quantitative estimate of drug-likeness (QED) is 0.879. The molecule has 1 N–H and O–H groups in total. The first kappa shape index (κ1) is 14.2. The molecular weight excluding hydrogens is 288 g/mol. The van der Waals surface area contributed by atoms with E-state index in [-0.39, 0.29) is 11.8 Å². The van der Waals surface area contributed by atoms with Crippen LogP contribution in [0.15, 0.2) is 35.5 Å². The first-order valence-electron chi connectivity index (χ1n) is 8.06. The molecule has 1 aromatic carbocycles. The van der Waals surface area contributed by atoms with Crippen molar-refractivity contribution < 1.29 is 4.79 Å². The van der Waals surface area contributed by atoms with Gasteiger partial charge < -0.3 is 5.32 Å². The maximum absolute atomic E-state index is 12.8. The second-order valence-corrected chi connectivity index (χ2v) is 6.64. The minimum Gasteiger partial charge on any atom is -0.328 e. The van der Waals surface area contributed by atoms with Gasteiger partial charge in [0.2, 0.25) is 5.95 Å². The number of fused-ring (bicyclic) bond motifs is 1. The summed E-state index contributed by atoms with van der Waals surface area (Å²) in [6.07, 6.45) is 1.49. The summed E-state index contributed by atoms with van der Waals surface area (Å²) >= 11 is 0. The number of carbonyl (C=O) groups is 1. The van der Waals surface area contributed by atoms with Gasteiger partial charge in [-0.2, -0.15) is 10.1 Å². The summed E-state index contributed by atoms with van der Waals surface area (Å²) in [4.78, 5) is 17.3. The molecule has 2 heterocycles. The predicted molar refractivity (Wildman–Crippen MR) is 88.1 cm³/mol. The number of Topliss-reactive ketones (excluding diaryl/α,β-unsaturated/α-hetero) is 1. The Hall–Kier alpha value is -2.43. The monoisotopic (exact) mass is 308 g/mol. The van der Waals surface area contributed by atoms with Crippen LogP contribution in [0.3, 0.4) is 0 Å². The van der Waals surface area contributed by atoms with Crippen LogP contribution in [0.2, 0.25) is 0 Å². The summed E-state index contributed by atoms with van der Waals surface area (Å²) in [5.74, 6) is 2.03. The third kappa shape index (κ3) is 2.19. The van der Waals surface area contributed by atoms with Crippen LogP contribution in [-0.4, -0.2) is 20.5 Å². The molecule has 0 bridgehead atoms. The molecule has 4 rings (SSSR count). The Morgan fingerprint density at radius 1 is 1.22 bits per heavy atom. The van der Waals surface area contributed by atoms with E-state index < -0.39 is 0 Å². The summed E-state index contributed by atoms with van der Waals surface area (Å²) in [5.41, 5.74) is 4.16. The largest absolute Gasteiger partial charge is 0.328 e. The first-order chi connectivity index (χ1) is 11.0. The average Bonchev–Trinajstić information content (AvgIpc) is 2.85. The van der Waals surface area contributed by atoms with Crippen molar-refractivity contribution >= 4 is 11.7 Å². The molecule has 5 heteroatoms. The number of carbonyl (C=O) groups excluding carboxylic acids is 1. The number of anilines is 1. The minimum atomic E-state index is -0.177. The van der Waals surface area contributed by atoms with Gasteiger partial charge >= 0.3 is 0 Å². The fourth-order valence-corrected chi connectivity index (χ4v) is 3.69. The van der Waals surface area contributed by atoms with E-state index in [0.29, 0.717) is 18.2 Å². The highest BCUT2D eigenvalue weighted by molar-refractivity contribution is 5.99. The van der Waals surface area contributed by atoms with Crippen LogP contribution in [0.5, 0.6) is 0 Å². The van der Waals surface area contributed by atoms with Gasteiger partial charge in [-0.15, -0.1) is 0 Å². The molecule has 2 aliphatic rings. The van der Waals surface area contributed by atoms with Crippen molar-refractivity contribution in [1.29, 1.82) is 0 Å². The number of ketones is 1. The van der Waals surface area contributed by atoms with Gasteiger partial charge in [0.25, 0.3) is 0 Å². The van der Waals surface area contributed by atoms with Crippen LogP contribution in [-0.2, 0) is 4.79 Å². The third-order valence-electron chi connectivity index (χ3n) is 4.71. The van der Waals surface area contributed by atoms with Gasteiger partial charge in [-0.25, -0.2) is 4.68 Å². The number of nitrogens with zero attached hydrogens (tertiary/aromatic N) is 3. The van der Waals surface area contributed by atoms with Crippen LogP contribution in [0.4, 0.5) is 5.95 Å². The van der Waals surface area contributed by atoms with E-state index in [2.05, 4.69) is 41.4 Å². The SMILES string of the molecule is Cc1nc2n(n1)[C@H](c1ccccc1C)C1=C(C[C@@H](C)CC1=O)N2. The lowest BCUT2D eigenvalue weighted by Crippen LogP contribution is -2.33. The molecule has 0 fully saturated rings. The fourth-order valence-electron chi connectivity index (χ4n) is 3.69. The number of hydrogen-bond acceptors (Lipinski definition) is 4. The Kier molecular flexibility index (Phi) is 3.11. The van der Waals surface area contributed by atoms with Gasteiger partial charge in [-0.3, -0.25) is 4.79 Å². The summed E-state index contributed by atoms with van der Waals surface area (Å²) in [5, 5.41) is 7.90. The van der Waals surface area contributed by atoms with E-state index in [4.69, 9.17) is 0 Å². The van der Waals surface area contributed by atoms with Crippen molar-refractivity contribution in [1.82, 2.24) is 14.8 Å². The van der Waals surface area contributed by atoms with Gasteiger partial charge in [-0.05, 0) is 37.3 Å². The predicted octanol–water partition coefficient (Wildman–Crippen LogP) is 3.16. The molecule has 1 aliphatic heterocycles. The molecule has 1 aliphatic carbocycles. The zero-order valence-corrected chi connectivity index (χ0v) is 13.6. The Morgan fingerprint density at radius 2 is 2.00 bits per heavy atom. The second-order valence-electron chi connectivity index (χ2n) is 6.64. The topological polar surface area (TPSA) is 59.8 Å². The van der Waals surface area contributed by atoms with Gasteiger partial charge in [-0.1, -0.05) is 31.2 Å². The Morgan fingerprint density at radius 3 is 2.78 bits per heavy atom. The maximum atomic E-state index is 12.8. The molecule has 0 saturated heterocycles. The van der Waals surface area contributed by atoms with E-state index in [1.807, 2.05) is 23.7 Å². The van der Waals surface area contributed by atoms with E-state index in [1.165, 1.54) is 0 Å². The van der Waals surface area contributed by atoms with Gasteiger partial charge in [0, 0.05) is 17.7 Å². The average molecular weight is 308 g/mol. The summed E-state index contributed by atoms with van der Waals surface area (Å²) in [6, 6.07) is 8.03. The number of aromatic nitrogens is 3. The number of nitrogens with one attached hydrogen (secondary N) is 1. The van der Waals surface area contributed by atoms with Gasteiger partial charge in [0.1, 0.15) is 11.9 Å². The van der Waals surface area contributed by atoms with E-state index in [0.717, 1.165) is 34.8 Å². The first-order valence-corrected chi connectivity index (χ1v) is 8.06. The maximum Gasteiger partial charge on any atom is 0.226 e. The Labute approximate surface area is 135 Å². The standard InChI is InChI=1S/C18H20N4O/c1-10-8-14-16(15(23)9-10)17(13-7-5-4-6-11(13)2)22-18(20-14)19-12(3)21-22/h4-7,10,17H,8-9H2,1-3H3,(H,19,20,21)/t10-,17-/m1/s1. The molecule has 23 heavy (non-hydrogen) atoms. The summed E-state index contributed by atoms with van der Waals surface area (Å²) < 4.78 is 1.87. The number of hydrogen-bond donors (Lipinski definition) is 1. The molecule has 0 radical (unpaired) electrons. The molecule has 2 aromatic rings. The van der Waals surface area contributed by atoms with E-state index >= 15 is 0 Å². The molecule has 0 spiro atoms. The van der Waals surface area contributed by atoms with Crippen LogP contribution < -0.4 is 5.32 Å². The highest BCUT2D eigenvalue weighted by Gasteiger charge is 2.38. The van der Waals surface area contributed by atoms with Crippen molar-refractivity contribution in [2.45, 2.75) is 39.7 Å². The zero-order chi connectivity index (χ0) is 16.1. The Bertz CT molecular complexity index is 833. The summed E-state index contributed by atoms with van der Waals surface area (Å²) in [6.45, 7) is 6.08. The van der Waals surface area contributed by atoms with E-state index in [9.17, 15) is 4.79 Å². The summed E-state index contributed by atoms with van der Waals surface area (Å²) in [7, 11) is 0. The van der Waals surface area contributed by atoms with Crippen molar-refractivity contribution in [3.05, 3.63) is 52.5 Å². The molecule has 118 valence electrons.